The normalized spacial score (nSPS) is 20.8. The van der Waals surface area contributed by atoms with Crippen molar-refractivity contribution in [1.82, 2.24) is 0 Å². The number of benzene rings is 1. The summed E-state index contributed by atoms with van der Waals surface area (Å²) in [4.78, 5) is 29.0. The number of nitrogens with zero attached hydrogens (tertiary/aromatic N) is 2. The fourth-order valence-electron chi connectivity index (χ4n) is 3.23. The molecule has 0 saturated carbocycles. The minimum absolute atomic E-state index is 0.0796. The van der Waals surface area contributed by atoms with Crippen LogP contribution in [0, 0.1) is 5.92 Å². The zero-order valence-corrected chi connectivity index (χ0v) is 15.2. The number of hydrogen-bond donors (Lipinski definition) is 0. The lowest BCUT2D eigenvalue weighted by Gasteiger charge is -2.28. The quantitative estimate of drug-likeness (QED) is 0.783. The van der Waals surface area contributed by atoms with E-state index < -0.39 is 5.60 Å². The fraction of sp³-hybridized carbons (Fsp3) is 0.579. The first kappa shape index (κ1) is 17.7. The van der Waals surface area contributed by atoms with Crippen LogP contribution < -0.4 is 9.80 Å². The first-order valence-electron chi connectivity index (χ1n) is 8.85. The highest BCUT2D eigenvalue weighted by molar-refractivity contribution is 6.02. The Morgan fingerprint density at radius 2 is 1.76 bits per heavy atom. The molecule has 6 nitrogen and oxygen atoms in total. The van der Waals surface area contributed by atoms with Crippen molar-refractivity contribution < 1.29 is 19.1 Å². The highest BCUT2D eigenvalue weighted by atomic mass is 16.6. The summed E-state index contributed by atoms with van der Waals surface area (Å²) in [7, 11) is 0. The summed E-state index contributed by atoms with van der Waals surface area (Å²) in [5.41, 5.74) is 0.930. The van der Waals surface area contributed by atoms with Crippen LogP contribution in [0.25, 0.3) is 0 Å². The molecule has 1 aromatic rings. The molecule has 1 saturated heterocycles. The summed E-state index contributed by atoms with van der Waals surface area (Å²) in [5, 5.41) is 0. The molecule has 6 heteroatoms. The first-order valence-corrected chi connectivity index (χ1v) is 8.85. The van der Waals surface area contributed by atoms with E-state index in [1.165, 1.54) is 0 Å². The molecule has 1 atom stereocenters. The van der Waals surface area contributed by atoms with Crippen molar-refractivity contribution in [3.05, 3.63) is 24.3 Å². The lowest BCUT2D eigenvalue weighted by atomic mass is 10.1. The predicted molar refractivity (Wildman–Crippen MR) is 95.9 cm³/mol. The van der Waals surface area contributed by atoms with Crippen LogP contribution in [0.3, 0.4) is 0 Å². The fourth-order valence-corrected chi connectivity index (χ4v) is 3.23. The van der Waals surface area contributed by atoms with Gasteiger partial charge in [-0.2, -0.15) is 0 Å². The average molecular weight is 346 g/mol. The van der Waals surface area contributed by atoms with E-state index in [0.29, 0.717) is 32.7 Å². The summed E-state index contributed by atoms with van der Waals surface area (Å²) in [6.07, 6.45) is 1.08. The summed E-state index contributed by atoms with van der Waals surface area (Å²) < 4.78 is 10.9. The Morgan fingerprint density at radius 3 is 2.36 bits per heavy atom. The Bertz CT molecular complexity index is 647. The van der Waals surface area contributed by atoms with Crippen LogP contribution in [-0.2, 0) is 14.3 Å². The minimum Gasteiger partial charge on any atom is -0.443 e. The van der Waals surface area contributed by atoms with E-state index in [2.05, 4.69) is 0 Å². The number of para-hydroxylation sites is 2. The molecule has 0 aliphatic carbocycles. The largest absolute Gasteiger partial charge is 0.443 e. The molecule has 25 heavy (non-hydrogen) atoms. The third-order valence-electron chi connectivity index (χ3n) is 4.39. The third-order valence-corrected chi connectivity index (χ3v) is 4.39. The molecule has 2 heterocycles. The Kier molecular flexibility index (Phi) is 4.99. The van der Waals surface area contributed by atoms with Crippen molar-refractivity contribution in [2.75, 3.05) is 36.1 Å². The van der Waals surface area contributed by atoms with E-state index in [-0.39, 0.29) is 17.9 Å². The highest BCUT2D eigenvalue weighted by Gasteiger charge is 2.34. The monoisotopic (exact) mass is 346 g/mol. The zero-order valence-electron chi connectivity index (χ0n) is 15.2. The van der Waals surface area contributed by atoms with Crippen molar-refractivity contribution in [3.8, 4) is 0 Å². The molecule has 2 amide bonds. The molecule has 0 bridgehead atoms. The van der Waals surface area contributed by atoms with Gasteiger partial charge < -0.3 is 14.4 Å². The summed E-state index contributed by atoms with van der Waals surface area (Å²) in [6.45, 7) is 7.78. The Morgan fingerprint density at radius 1 is 1.12 bits per heavy atom. The van der Waals surface area contributed by atoms with E-state index in [0.717, 1.165) is 17.8 Å². The molecule has 0 radical (unpaired) electrons. The molecule has 1 fully saturated rings. The number of carbonyl (C=O) groups excluding carboxylic acids is 2. The van der Waals surface area contributed by atoms with Crippen molar-refractivity contribution in [2.24, 2.45) is 5.92 Å². The third kappa shape index (κ3) is 3.95. The topological polar surface area (TPSA) is 59.1 Å². The van der Waals surface area contributed by atoms with Crippen LogP contribution in [0.1, 0.15) is 33.6 Å². The highest BCUT2D eigenvalue weighted by Crippen LogP contribution is 2.34. The minimum atomic E-state index is -0.560. The van der Waals surface area contributed by atoms with Crippen molar-refractivity contribution in [3.63, 3.8) is 0 Å². The molecule has 2 aliphatic rings. The van der Waals surface area contributed by atoms with Gasteiger partial charge in [0.2, 0.25) is 5.91 Å². The van der Waals surface area contributed by atoms with Gasteiger partial charge in [0, 0.05) is 19.7 Å². The van der Waals surface area contributed by atoms with Crippen LogP contribution in [0.5, 0.6) is 0 Å². The second-order valence-electron chi connectivity index (χ2n) is 7.52. The number of carbonyl (C=O) groups is 2. The summed E-state index contributed by atoms with van der Waals surface area (Å²) in [6, 6.07) is 7.54. The molecule has 1 aromatic carbocycles. The van der Waals surface area contributed by atoms with E-state index in [1.54, 1.807) is 9.80 Å². The van der Waals surface area contributed by atoms with Gasteiger partial charge in [0.25, 0.3) is 0 Å². The second kappa shape index (κ2) is 7.04. The van der Waals surface area contributed by atoms with Crippen LogP contribution in [-0.4, -0.2) is 43.9 Å². The molecule has 0 N–H and O–H groups in total. The van der Waals surface area contributed by atoms with Gasteiger partial charge in [0.1, 0.15) is 5.60 Å². The maximum absolute atomic E-state index is 12.9. The van der Waals surface area contributed by atoms with E-state index >= 15 is 0 Å². The molecule has 3 rings (SSSR count). The van der Waals surface area contributed by atoms with Crippen LogP contribution >= 0.6 is 0 Å². The number of fused-ring (bicyclic) bond motifs is 1. The Labute approximate surface area is 148 Å². The van der Waals surface area contributed by atoms with E-state index in [9.17, 15) is 9.59 Å². The van der Waals surface area contributed by atoms with Crippen molar-refractivity contribution >= 4 is 23.4 Å². The van der Waals surface area contributed by atoms with Gasteiger partial charge >= 0.3 is 6.09 Å². The Hall–Kier alpha value is -2.08. The van der Waals surface area contributed by atoms with Crippen LogP contribution in [0.2, 0.25) is 0 Å². The van der Waals surface area contributed by atoms with E-state index in [4.69, 9.17) is 9.47 Å². The zero-order chi connectivity index (χ0) is 18.0. The number of hydrogen-bond acceptors (Lipinski definition) is 4. The Balaban J connectivity index is 1.90. The van der Waals surface area contributed by atoms with Gasteiger partial charge in [0.05, 0.1) is 23.9 Å². The van der Waals surface area contributed by atoms with Gasteiger partial charge in [-0.15, -0.1) is 0 Å². The average Bonchev–Trinajstić information content (AvgIpc) is 3.00. The number of amides is 2. The summed E-state index contributed by atoms with van der Waals surface area (Å²) >= 11 is 0. The predicted octanol–water partition coefficient (Wildman–Crippen LogP) is 3.20. The van der Waals surface area contributed by atoms with Gasteiger partial charge in [0.15, 0.2) is 0 Å². The maximum atomic E-state index is 12.9. The van der Waals surface area contributed by atoms with Gasteiger partial charge in [-0.3, -0.25) is 9.69 Å². The lowest BCUT2D eigenvalue weighted by Crippen LogP contribution is -2.37. The molecule has 0 aromatic heterocycles. The second-order valence-corrected chi connectivity index (χ2v) is 7.52. The molecule has 0 unspecified atom stereocenters. The van der Waals surface area contributed by atoms with Gasteiger partial charge in [-0.25, -0.2) is 4.79 Å². The van der Waals surface area contributed by atoms with E-state index in [1.807, 2.05) is 45.0 Å². The lowest BCUT2D eigenvalue weighted by molar-refractivity contribution is -0.122. The number of ether oxygens (including phenoxy) is 2. The van der Waals surface area contributed by atoms with Gasteiger partial charge in [-0.05, 0) is 45.7 Å². The maximum Gasteiger partial charge on any atom is 0.414 e. The SMILES string of the molecule is CC(C)(C)OC(=O)N1CCCN(C(=O)[C@@H]2CCOC2)c2ccccc21. The molecule has 0 spiro atoms. The number of rotatable bonds is 1. The molecule has 2 aliphatic heterocycles. The van der Waals surface area contributed by atoms with Gasteiger partial charge in [-0.1, -0.05) is 12.1 Å². The number of anilines is 2. The van der Waals surface area contributed by atoms with Crippen molar-refractivity contribution in [2.45, 2.75) is 39.2 Å². The van der Waals surface area contributed by atoms with Crippen LogP contribution in [0.4, 0.5) is 16.2 Å². The molecular weight excluding hydrogens is 320 g/mol. The smallest absolute Gasteiger partial charge is 0.414 e. The molecular formula is C19H26N2O4. The van der Waals surface area contributed by atoms with Crippen molar-refractivity contribution in [1.29, 1.82) is 0 Å². The molecule has 136 valence electrons. The standard InChI is InChI=1S/C19H26N2O4/c1-19(2,3)25-18(23)21-11-6-10-20(15-7-4-5-8-16(15)21)17(22)14-9-12-24-13-14/h4-5,7-8,14H,6,9-13H2,1-3H3/t14-/m1/s1. The van der Waals surface area contributed by atoms with Crippen LogP contribution in [0.15, 0.2) is 24.3 Å². The first-order chi connectivity index (χ1) is 11.9. The summed E-state index contributed by atoms with van der Waals surface area (Å²) in [5.74, 6) is -0.0166.